The van der Waals surface area contributed by atoms with Gasteiger partial charge in [-0.15, -0.1) is 0 Å². The first-order chi connectivity index (χ1) is 6.91. The summed E-state index contributed by atoms with van der Waals surface area (Å²) in [7, 11) is 1.77. The maximum Gasteiger partial charge on any atom is 0.0798 e. The molecular formula is C14H22O. The van der Waals surface area contributed by atoms with Crippen LogP contribution in [-0.4, -0.2) is 7.11 Å². The highest BCUT2D eigenvalue weighted by Crippen LogP contribution is 2.31. The molecule has 0 aromatic heterocycles. The van der Waals surface area contributed by atoms with Gasteiger partial charge in [0.1, 0.15) is 0 Å². The van der Waals surface area contributed by atoms with Gasteiger partial charge in [-0.2, -0.15) is 0 Å². The third-order valence-electron chi connectivity index (χ3n) is 3.82. The second-order valence-corrected chi connectivity index (χ2v) is 4.42. The van der Waals surface area contributed by atoms with Crippen molar-refractivity contribution in [3.8, 4) is 0 Å². The van der Waals surface area contributed by atoms with Crippen molar-refractivity contribution in [2.45, 2.75) is 47.6 Å². The summed E-state index contributed by atoms with van der Waals surface area (Å²) in [5, 5.41) is 0. The zero-order chi connectivity index (χ0) is 11.7. The SMILES string of the molecule is COC(C)c1c(C)c(C)c(C)c(C)c1C. The highest BCUT2D eigenvalue weighted by molar-refractivity contribution is 5.50. The number of methoxy groups -OCH3 is 1. The number of hydrogen-bond acceptors (Lipinski definition) is 1. The monoisotopic (exact) mass is 206 g/mol. The molecule has 1 nitrogen and oxygen atoms in total. The summed E-state index contributed by atoms with van der Waals surface area (Å²) in [6.07, 6.45) is 0.183. The van der Waals surface area contributed by atoms with Crippen LogP contribution in [0.5, 0.6) is 0 Å². The summed E-state index contributed by atoms with van der Waals surface area (Å²) in [5.41, 5.74) is 8.33. The maximum absolute atomic E-state index is 5.45. The van der Waals surface area contributed by atoms with Gasteiger partial charge >= 0.3 is 0 Å². The minimum atomic E-state index is 0.183. The molecule has 1 heteroatoms. The quantitative estimate of drug-likeness (QED) is 0.712. The Balaban J connectivity index is 3.52. The highest BCUT2D eigenvalue weighted by Gasteiger charge is 2.16. The molecular weight excluding hydrogens is 184 g/mol. The molecule has 15 heavy (non-hydrogen) atoms. The minimum Gasteiger partial charge on any atom is -0.377 e. The van der Waals surface area contributed by atoms with Crippen LogP contribution < -0.4 is 0 Å². The van der Waals surface area contributed by atoms with Gasteiger partial charge in [0.15, 0.2) is 0 Å². The van der Waals surface area contributed by atoms with Gasteiger partial charge in [0, 0.05) is 7.11 Å². The van der Waals surface area contributed by atoms with E-state index in [1.54, 1.807) is 7.11 Å². The first-order valence-electron chi connectivity index (χ1n) is 5.51. The van der Waals surface area contributed by atoms with Crippen molar-refractivity contribution in [2.75, 3.05) is 7.11 Å². The lowest BCUT2D eigenvalue weighted by molar-refractivity contribution is 0.118. The lowest BCUT2D eigenvalue weighted by Crippen LogP contribution is -2.07. The second-order valence-electron chi connectivity index (χ2n) is 4.42. The molecule has 0 saturated heterocycles. The fraction of sp³-hybridized carbons (Fsp3) is 0.571. The number of benzene rings is 1. The second kappa shape index (κ2) is 4.36. The summed E-state index contributed by atoms with van der Waals surface area (Å²) in [5.74, 6) is 0. The molecule has 84 valence electrons. The topological polar surface area (TPSA) is 9.23 Å². The number of rotatable bonds is 2. The third-order valence-corrected chi connectivity index (χ3v) is 3.82. The van der Waals surface area contributed by atoms with E-state index in [1.165, 1.54) is 33.4 Å². The van der Waals surface area contributed by atoms with E-state index in [0.717, 1.165) is 0 Å². The molecule has 1 aromatic rings. The van der Waals surface area contributed by atoms with E-state index < -0.39 is 0 Å². The van der Waals surface area contributed by atoms with E-state index in [4.69, 9.17) is 4.74 Å². The molecule has 1 aromatic carbocycles. The van der Waals surface area contributed by atoms with Gasteiger partial charge in [0.05, 0.1) is 6.10 Å². The first kappa shape index (κ1) is 12.3. The zero-order valence-electron chi connectivity index (χ0n) is 11.0. The Kier molecular flexibility index (Phi) is 3.56. The van der Waals surface area contributed by atoms with E-state index in [0.29, 0.717) is 0 Å². The van der Waals surface area contributed by atoms with Crippen molar-refractivity contribution in [1.29, 1.82) is 0 Å². The van der Waals surface area contributed by atoms with Crippen LogP contribution in [0.1, 0.15) is 46.4 Å². The molecule has 0 spiro atoms. The molecule has 1 unspecified atom stereocenters. The van der Waals surface area contributed by atoms with Crippen LogP contribution in [-0.2, 0) is 4.74 Å². The summed E-state index contributed by atoms with van der Waals surface area (Å²) in [6, 6.07) is 0. The van der Waals surface area contributed by atoms with Crippen molar-refractivity contribution in [2.24, 2.45) is 0 Å². The molecule has 1 rings (SSSR count). The average molecular weight is 206 g/mol. The molecule has 0 aliphatic rings. The highest BCUT2D eigenvalue weighted by atomic mass is 16.5. The fourth-order valence-corrected chi connectivity index (χ4v) is 2.26. The van der Waals surface area contributed by atoms with Gasteiger partial charge in [-0.25, -0.2) is 0 Å². The van der Waals surface area contributed by atoms with Crippen molar-refractivity contribution in [3.05, 3.63) is 33.4 Å². The van der Waals surface area contributed by atoms with Gasteiger partial charge in [-0.1, -0.05) is 0 Å². The number of ether oxygens (including phenoxy) is 1. The molecule has 0 saturated carbocycles. The van der Waals surface area contributed by atoms with Crippen LogP contribution in [0.4, 0.5) is 0 Å². The van der Waals surface area contributed by atoms with E-state index in [2.05, 4.69) is 41.5 Å². The van der Waals surface area contributed by atoms with Gasteiger partial charge in [-0.05, 0) is 74.9 Å². The van der Waals surface area contributed by atoms with Crippen LogP contribution in [0.3, 0.4) is 0 Å². The van der Waals surface area contributed by atoms with Gasteiger partial charge in [-0.3, -0.25) is 0 Å². The molecule has 1 atom stereocenters. The largest absolute Gasteiger partial charge is 0.377 e. The lowest BCUT2D eigenvalue weighted by Gasteiger charge is -2.22. The molecule has 0 aliphatic carbocycles. The molecule has 0 radical (unpaired) electrons. The predicted molar refractivity (Wildman–Crippen MR) is 65.6 cm³/mol. The molecule has 0 aliphatic heterocycles. The summed E-state index contributed by atoms with van der Waals surface area (Å²) >= 11 is 0. The first-order valence-corrected chi connectivity index (χ1v) is 5.51. The molecule has 0 N–H and O–H groups in total. The predicted octanol–water partition coefficient (Wildman–Crippen LogP) is 3.94. The van der Waals surface area contributed by atoms with Crippen molar-refractivity contribution >= 4 is 0 Å². The van der Waals surface area contributed by atoms with E-state index in [-0.39, 0.29) is 6.10 Å². The molecule has 0 amide bonds. The van der Waals surface area contributed by atoms with Crippen LogP contribution in [0.15, 0.2) is 0 Å². The van der Waals surface area contributed by atoms with Gasteiger partial charge < -0.3 is 4.74 Å². The van der Waals surface area contributed by atoms with Crippen LogP contribution in [0.25, 0.3) is 0 Å². The van der Waals surface area contributed by atoms with Crippen molar-refractivity contribution in [1.82, 2.24) is 0 Å². The Hall–Kier alpha value is -0.820. The molecule has 0 bridgehead atoms. The van der Waals surface area contributed by atoms with E-state index in [1.807, 2.05) is 0 Å². The van der Waals surface area contributed by atoms with Crippen LogP contribution >= 0.6 is 0 Å². The van der Waals surface area contributed by atoms with Gasteiger partial charge in [0.2, 0.25) is 0 Å². The zero-order valence-corrected chi connectivity index (χ0v) is 11.0. The summed E-state index contributed by atoms with van der Waals surface area (Å²) in [4.78, 5) is 0. The summed E-state index contributed by atoms with van der Waals surface area (Å²) < 4.78 is 5.45. The Labute approximate surface area is 93.5 Å². The normalized spacial score (nSPS) is 13.0. The summed E-state index contributed by atoms with van der Waals surface area (Å²) in [6.45, 7) is 13.1. The third kappa shape index (κ3) is 1.93. The standard InChI is InChI=1S/C14H22O/c1-8-9(2)11(4)14(13(6)15-7)12(5)10(8)3/h13H,1-7H3. The number of hydrogen-bond donors (Lipinski definition) is 0. The Morgan fingerprint density at radius 1 is 0.733 bits per heavy atom. The minimum absolute atomic E-state index is 0.183. The smallest absolute Gasteiger partial charge is 0.0798 e. The van der Waals surface area contributed by atoms with Crippen LogP contribution in [0, 0.1) is 34.6 Å². The Morgan fingerprint density at radius 2 is 1.07 bits per heavy atom. The molecule has 0 heterocycles. The van der Waals surface area contributed by atoms with Crippen LogP contribution in [0.2, 0.25) is 0 Å². The lowest BCUT2D eigenvalue weighted by atomic mass is 9.87. The van der Waals surface area contributed by atoms with E-state index in [9.17, 15) is 0 Å². The van der Waals surface area contributed by atoms with E-state index >= 15 is 0 Å². The average Bonchev–Trinajstić information content (AvgIpc) is 2.23. The fourth-order valence-electron chi connectivity index (χ4n) is 2.26. The Morgan fingerprint density at radius 3 is 1.40 bits per heavy atom. The maximum atomic E-state index is 5.45. The van der Waals surface area contributed by atoms with Crippen molar-refractivity contribution in [3.63, 3.8) is 0 Å². The van der Waals surface area contributed by atoms with Crippen molar-refractivity contribution < 1.29 is 4.74 Å². The molecule has 0 fully saturated rings. The van der Waals surface area contributed by atoms with Gasteiger partial charge in [0.25, 0.3) is 0 Å². The Bertz CT molecular complexity index is 348.